The fraction of sp³-hybridized carbons (Fsp3) is 0.600. The summed E-state index contributed by atoms with van der Waals surface area (Å²) < 4.78 is 41.4. The van der Waals surface area contributed by atoms with Gasteiger partial charge in [-0.15, -0.1) is 0 Å². The van der Waals surface area contributed by atoms with E-state index in [9.17, 15) is 23.1 Å². The first kappa shape index (κ1) is 36.5. The van der Waals surface area contributed by atoms with E-state index in [4.69, 9.17) is 9.47 Å². The Morgan fingerprint density at radius 1 is 1.04 bits per heavy atom. The Morgan fingerprint density at radius 2 is 1.74 bits per heavy atom. The molecule has 1 aliphatic carbocycles. The number of fused-ring (bicyclic) bond motifs is 1. The molecule has 0 spiro atoms. The normalized spacial score (nSPS) is 22.7. The van der Waals surface area contributed by atoms with Crippen molar-refractivity contribution in [3.63, 3.8) is 0 Å². The SMILES string of the molecule is C[C@@H]1CCCCO[C@@H](CN(C)C(=O)NC2CCCCC2)[C@H](C)CN([C@@H](C)CO)C(=O)c2cc(NS(=O)(=O)c3ccccc3)ccc2O1. The zero-order chi connectivity index (χ0) is 34.0. The fourth-order valence-electron chi connectivity index (χ4n) is 6.15. The number of carbonyl (C=O) groups excluding carboxylic acids is 2. The zero-order valence-corrected chi connectivity index (χ0v) is 29.0. The molecule has 1 heterocycles. The molecule has 47 heavy (non-hydrogen) atoms. The number of rotatable bonds is 8. The number of nitrogens with one attached hydrogen (secondary N) is 2. The topological polar surface area (TPSA) is 138 Å². The van der Waals surface area contributed by atoms with E-state index in [0.717, 1.165) is 44.9 Å². The fourth-order valence-corrected chi connectivity index (χ4v) is 7.22. The molecule has 12 heteroatoms. The van der Waals surface area contributed by atoms with Gasteiger partial charge in [0.15, 0.2) is 0 Å². The van der Waals surface area contributed by atoms with E-state index in [1.807, 2.05) is 13.8 Å². The number of benzene rings is 2. The van der Waals surface area contributed by atoms with Crippen molar-refractivity contribution in [2.24, 2.45) is 5.92 Å². The van der Waals surface area contributed by atoms with Crippen LogP contribution in [0, 0.1) is 5.92 Å². The standard InChI is InChI=1S/C35H52N4O7S/c1-25-22-39(26(2)24-40)34(41)31-21-29(37-47(43,44)30-16-9-6-10-17-30)18-19-32(31)46-27(3)13-11-12-20-45-33(25)23-38(4)35(42)36-28-14-7-5-8-15-28/h6,9-10,16-19,21,25-28,33,37,40H,5,7-8,11-15,20,22-24H2,1-4H3,(H,36,42)/t25-,26+,27-,33+/m1/s1. The van der Waals surface area contributed by atoms with Gasteiger partial charge in [0.1, 0.15) is 5.75 Å². The first-order valence-corrected chi connectivity index (χ1v) is 18.4. The summed E-state index contributed by atoms with van der Waals surface area (Å²) in [6.07, 6.45) is 7.22. The van der Waals surface area contributed by atoms with Gasteiger partial charge in [-0.25, -0.2) is 13.2 Å². The molecule has 3 N–H and O–H groups in total. The molecule has 2 aromatic rings. The molecule has 260 valence electrons. The number of amides is 3. The number of urea groups is 1. The summed E-state index contributed by atoms with van der Waals surface area (Å²) in [7, 11) is -2.14. The van der Waals surface area contributed by atoms with Crippen LogP contribution in [0.15, 0.2) is 53.4 Å². The van der Waals surface area contributed by atoms with E-state index in [-0.39, 0.29) is 59.5 Å². The molecule has 1 aliphatic heterocycles. The average molecular weight is 673 g/mol. The molecule has 1 fully saturated rings. The van der Waals surface area contributed by atoms with Crippen LogP contribution in [0.25, 0.3) is 0 Å². The van der Waals surface area contributed by atoms with Gasteiger partial charge >= 0.3 is 6.03 Å². The van der Waals surface area contributed by atoms with Crippen molar-refractivity contribution in [2.75, 3.05) is 38.1 Å². The molecule has 4 rings (SSSR count). The van der Waals surface area contributed by atoms with Crippen molar-refractivity contribution in [3.8, 4) is 5.75 Å². The lowest BCUT2D eigenvalue weighted by atomic mass is 9.96. The number of ether oxygens (including phenoxy) is 2. The summed E-state index contributed by atoms with van der Waals surface area (Å²) in [4.78, 5) is 30.8. The molecule has 0 aromatic heterocycles. The monoisotopic (exact) mass is 672 g/mol. The summed E-state index contributed by atoms with van der Waals surface area (Å²) in [5.74, 6) is -0.263. The number of carbonyl (C=O) groups is 2. The molecular formula is C35H52N4O7S. The van der Waals surface area contributed by atoms with E-state index in [1.54, 1.807) is 54.1 Å². The van der Waals surface area contributed by atoms with Crippen molar-refractivity contribution in [1.82, 2.24) is 15.1 Å². The Bertz CT molecular complexity index is 1420. The van der Waals surface area contributed by atoms with Gasteiger partial charge < -0.3 is 29.7 Å². The third-order valence-electron chi connectivity index (χ3n) is 9.09. The number of sulfonamides is 1. The van der Waals surface area contributed by atoms with Crippen molar-refractivity contribution in [1.29, 1.82) is 0 Å². The highest BCUT2D eigenvalue weighted by Gasteiger charge is 2.31. The predicted molar refractivity (Wildman–Crippen MR) is 182 cm³/mol. The van der Waals surface area contributed by atoms with Crippen LogP contribution < -0.4 is 14.8 Å². The number of likely N-dealkylation sites (N-methyl/N-ethyl adjacent to an activating group) is 1. The largest absolute Gasteiger partial charge is 0.490 e. The number of nitrogens with zero attached hydrogens (tertiary/aromatic N) is 2. The van der Waals surface area contributed by atoms with Gasteiger partial charge in [0.25, 0.3) is 15.9 Å². The molecule has 0 bridgehead atoms. The Kier molecular flexibility index (Phi) is 13.3. The van der Waals surface area contributed by atoms with Crippen LogP contribution in [0.1, 0.15) is 82.5 Å². The lowest BCUT2D eigenvalue weighted by molar-refractivity contribution is -0.0123. The average Bonchev–Trinajstić information content (AvgIpc) is 3.06. The van der Waals surface area contributed by atoms with Gasteiger partial charge in [-0.1, -0.05) is 44.4 Å². The van der Waals surface area contributed by atoms with E-state index < -0.39 is 22.0 Å². The molecule has 0 saturated heterocycles. The van der Waals surface area contributed by atoms with Crippen molar-refractivity contribution < 1.29 is 32.6 Å². The highest BCUT2D eigenvalue weighted by atomic mass is 32.2. The minimum absolute atomic E-state index is 0.101. The number of aliphatic hydroxyl groups excluding tert-OH is 1. The van der Waals surface area contributed by atoms with Crippen LogP contribution >= 0.6 is 0 Å². The molecule has 0 unspecified atom stereocenters. The highest BCUT2D eigenvalue weighted by molar-refractivity contribution is 7.92. The number of hydrogen-bond acceptors (Lipinski definition) is 7. The Balaban J connectivity index is 1.60. The van der Waals surface area contributed by atoms with Crippen LogP contribution in [0.5, 0.6) is 5.75 Å². The maximum absolute atomic E-state index is 14.3. The summed E-state index contributed by atoms with van der Waals surface area (Å²) in [5, 5.41) is 13.4. The minimum Gasteiger partial charge on any atom is -0.490 e. The summed E-state index contributed by atoms with van der Waals surface area (Å²) in [6, 6.07) is 12.2. The predicted octanol–water partition coefficient (Wildman–Crippen LogP) is 5.26. The zero-order valence-electron chi connectivity index (χ0n) is 28.2. The second kappa shape index (κ2) is 17.2. The minimum atomic E-state index is -3.91. The second-order valence-corrected chi connectivity index (χ2v) is 14.8. The van der Waals surface area contributed by atoms with Crippen LogP contribution in [-0.2, 0) is 14.8 Å². The van der Waals surface area contributed by atoms with E-state index in [2.05, 4.69) is 10.0 Å². The number of hydrogen-bond donors (Lipinski definition) is 3. The molecular weight excluding hydrogens is 620 g/mol. The molecule has 1 saturated carbocycles. The van der Waals surface area contributed by atoms with Gasteiger partial charge in [-0.3, -0.25) is 9.52 Å². The molecule has 2 aliphatic rings. The van der Waals surface area contributed by atoms with Gasteiger partial charge in [0.2, 0.25) is 0 Å². The smallest absolute Gasteiger partial charge is 0.317 e. The lowest BCUT2D eigenvalue weighted by Crippen LogP contribution is -2.50. The summed E-state index contributed by atoms with van der Waals surface area (Å²) in [5.41, 5.74) is 0.408. The van der Waals surface area contributed by atoms with Crippen LogP contribution in [0.4, 0.5) is 10.5 Å². The maximum Gasteiger partial charge on any atom is 0.317 e. The summed E-state index contributed by atoms with van der Waals surface area (Å²) >= 11 is 0. The van der Waals surface area contributed by atoms with Gasteiger partial charge in [0, 0.05) is 44.4 Å². The van der Waals surface area contributed by atoms with Crippen LogP contribution in [0.2, 0.25) is 0 Å². The number of anilines is 1. The Hall–Kier alpha value is -3.35. The Labute approximate surface area is 280 Å². The molecule has 2 aromatic carbocycles. The van der Waals surface area contributed by atoms with Gasteiger partial charge in [-0.05, 0) is 76.3 Å². The second-order valence-electron chi connectivity index (χ2n) is 13.1. The highest BCUT2D eigenvalue weighted by Crippen LogP contribution is 2.29. The van der Waals surface area contributed by atoms with Crippen molar-refractivity contribution in [3.05, 3.63) is 54.1 Å². The summed E-state index contributed by atoms with van der Waals surface area (Å²) in [6.45, 7) is 6.49. The first-order chi connectivity index (χ1) is 22.5. The third kappa shape index (κ3) is 10.3. The van der Waals surface area contributed by atoms with E-state index >= 15 is 0 Å². The Morgan fingerprint density at radius 3 is 2.45 bits per heavy atom. The van der Waals surface area contributed by atoms with Gasteiger partial charge in [-0.2, -0.15) is 0 Å². The maximum atomic E-state index is 14.3. The lowest BCUT2D eigenvalue weighted by Gasteiger charge is -2.36. The molecule has 0 radical (unpaired) electrons. The van der Waals surface area contributed by atoms with Crippen LogP contribution in [0.3, 0.4) is 0 Å². The molecule has 11 nitrogen and oxygen atoms in total. The van der Waals surface area contributed by atoms with Crippen LogP contribution in [-0.4, -0.2) is 92.9 Å². The van der Waals surface area contributed by atoms with Gasteiger partial charge in [0.05, 0.1) is 35.3 Å². The van der Waals surface area contributed by atoms with Crippen molar-refractivity contribution >= 4 is 27.6 Å². The molecule has 4 atom stereocenters. The quantitative estimate of drug-likeness (QED) is 0.348. The van der Waals surface area contributed by atoms with E-state index in [0.29, 0.717) is 18.9 Å². The van der Waals surface area contributed by atoms with Crippen molar-refractivity contribution in [2.45, 2.75) is 101 Å². The molecule has 3 amide bonds. The van der Waals surface area contributed by atoms with E-state index in [1.165, 1.54) is 24.6 Å². The first-order valence-electron chi connectivity index (χ1n) is 16.9. The number of aliphatic hydroxyl groups is 1. The third-order valence-corrected chi connectivity index (χ3v) is 10.5.